The first-order valence-electron chi connectivity index (χ1n) is 6.49. The SMILES string of the molecule is Cc1cccc(-n2nc3ccccc3n2)c1.OC1=CC1. The quantitative estimate of drug-likeness (QED) is 0.732. The molecule has 2 aromatic carbocycles. The maximum atomic E-state index is 8.03. The second-order valence-corrected chi connectivity index (χ2v) is 4.72. The van der Waals surface area contributed by atoms with Gasteiger partial charge in [-0.2, -0.15) is 4.80 Å². The third-order valence-corrected chi connectivity index (χ3v) is 2.91. The molecule has 0 fully saturated rings. The first-order valence-corrected chi connectivity index (χ1v) is 6.49. The van der Waals surface area contributed by atoms with Crippen LogP contribution in [0.2, 0.25) is 0 Å². The van der Waals surface area contributed by atoms with E-state index >= 15 is 0 Å². The molecule has 3 aromatic rings. The summed E-state index contributed by atoms with van der Waals surface area (Å²) in [4.78, 5) is 1.68. The van der Waals surface area contributed by atoms with Gasteiger partial charge in [0.2, 0.25) is 0 Å². The van der Waals surface area contributed by atoms with Crippen LogP contribution < -0.4 is 0 Å². The van der Waals surface area contributed by atoms with E-state index in [4.69, 9.17) is 5.11 Å². The second-order valence-electron chi connectivity index (χ2n) is 4.72. The van der Waals surface area contributed by atoms with Crippen molar-refractivity contribution in [1.29, 1.82) is 0 Å². The predicted molar refractivity (Wildman–Crippen MR) is 78.9 cm³/mol. The summed E-state index contributed by atoms with van der Waals surface area (Å²) in [5, 5.41) is 16.9. The third-order valence-electron chi connectivity index (χ3n) is 2.91. The predicted octanol–water partition coefficient (Wildman–Crippen LogP) is 3.56. The Hall–Kier alpha value is -2.62. The van der Waals surface area contributed by atoms with Crippen LogP contribution in [0.3, 0.4) is 0 Å². The Bertz CT molecular complexity index is 741. The molecule has 0 saturated heterocycles. The van der Waals surface area contributed by atoms with Gasteiger partial charge in [0, 0.05) is 6.42 Å². The van der Waals surface area contributed by atoms with Gasteiger partial charge in [-0.1, -0.05) is 24.3 Å². The van der Waals surface area contributed by atoms with Crippen LogP contribution in [0.15, 0.2) is 60.4 Å². The summed E-state index contributed by atoms with van der Waals surface area (Å²) >= 11 is 0. The molecule has 0 spiro atoms. The molecule has 4 heteroatoms. The number of rotatable bonds is 1. The Morgan fingerprint density at radius 2 is 1.60 bits per heavy atom. The molecular weight excluding hydrogens is 250 g/mol. The van der Waals surface area contributed by atoms with Crippen molar-refractivity contribution in [2.75, 3.05) is 0 Å². The number of hydrogen-bond donors (Lipinski definition) is 1. The molecule has 0 saturated carbocycles. The Kier molecular flexibility index (Phi) is 3.21. The molecular formula is C16H15N3O. The van der Waals surface area contributed by atoms with Gasteiger partial charge in [0.15, 0.2) is 0 Å². The molecule has 4 nitrogen and oxygen atoms in total. The highest BCUT2D eigenvalue weighted by Crippen LogP contribution is 2.12. The average Bonchev–Trinajstić information content (AvgIpc) is 3.11. The normalized spacial score (nSPS) is 12.6. The highest BCUT2D eigenvalue weighted by Gasteiger charge is 2.03. The zero-order valence-corrected chi connectivity index (χ0v) is 11.2. The van der Waals surface area contributed by atoms with E-state index in [-0.39, 0.29) is 0 Å². The van der Waals surface area contributed by atoms with Gasteiger partial charge in [0.1, 0.15) is 11.0 Å². The molecule has 0 amide bonds. The van der Waals surface area contributed by atoms with E-state index in [2.05, 4.69) is 29.3 Å². The number of aliphatic hydroxyl groups is 1. The van der Waals surface area contributed by atoms with E-state index in [0.29, 0.717) is 5.76 Å². The summed E-state index contributed by atoms with van der Waals surface area (Å²) in [5.41, 5.74) is 4.04. The Morgan fingerprint density at radius 1 is 1.00 bits per heavy atom. The van der Waals surface area contributed by atoms with E-state index in [1.54, 1.807) is 10.9 Å². The fraction of sp³-hybridized carbons (Fsp3) is 0.125. The fourth-order valence-corrected chi connectivity index (χ4v) is 1.77. The van der Waals surface area contributed by atoms with Crippen molar-refractivity contribution >= 4 is 11.0 Å². The zero-order chi connectivity index (χ0) is 13.9. The highest BCUT2D eigenvalue weighted by molar-refractivity contribution is 5.73. The minimum atomic E-state index is 0.542. The minimum absolute atomic E-state index is 0.542. The summed E-state index contributed by atoms with van der Waals surface area (Å²) in [5.74, 6) is 0.542. The van der Waals surface area contributed by atoms with Crippen molar-refractivity contribution in [2.45, 2.75) is 13.3 Å². The average molecular weight is 265 g/mol. The van der Waals surface area contributed by atoms with E-state index in [9.17, 15) is 0 Å². The van der Waals surface area contributed by atoms with Crippen molar-refractivity contribution in [1.82, 2.24) is 15.0 Å². The van der Waals surface area contributed by atoms with Gasteiger partial charge in [-0.25, -0.2) is 0 Å². The molecule has 1 N–H and O–H groups in total. The zero-order valence-electron chi connectivity index (χ0n) is 11.2. The smallest absolute Gasteiger partial charge is 0.113 e. The van der Waals surface area contributed by atoms with Gasteiger partial charge in [0.25, 0.3) is 0 Å². The molecule has 0 unspecified atom stereocenters. The van der Waals surface area contributed by atoms with Gasteiger partial charge in [-0.15, -0.1) is 10.2 Å². The van der Waals surface area contributed by atoms with E-state index in [1.165, 1.54) is 5.56 Å². The Morgan fingerprint density at radius 3 is 2.10 bits per heavy atom. The number of hydrogen-bond acceptors (Lipinski definition) is 3. The van der Waals surface area contributed by atoms with Crippen molar-refractivity contribution in [3.63, 3.8) is 0 Å². The van der Waals surface area contributed by atoms with Crippen molar-refractivity contribution in [3.05, 3.63) is 65.9 Å². The number of aromatic nitrogens is 3. The molecule has 1 heterocycles. The lowest BCUT2D eigenvalue weighted by Gasteiger charge is -1.99. The summed E-state index contributed by atoms with van der Waals surface area (Å²) in [6.07, 6.45) is 2.60. The summed E-state index contributed by atoms with van der Waals surface area (Å²) in [7, 11) is 0. The van der Waals surface area contributed by atoms with Crippen molar-refractivity contribution in [2.24, 2.45) is 0 Å². The lowest BCUT2D eigenvalue weighted by molar-refractivity contribution is 0.436. The van der Waals surface area contributed by atoms with Crippen LogP contribution in [-0.2, 0) is 0 Å². The van der Waals surface area contributed by atoms with E-state index in [0.717, 1.165) is 23.1 Å². The van der Waals surface area contributed by atoms with Crippen LogP contribution >= 0.6 is 0 Å². The van der Waals surface area contributed by atoms with Crippen LogP contribution in [0.5, 0.6) is 0 Å². The lowest BCUT2D eigenvalue weighted by Crippen LogP contribution is -1.98. The van der Waals surface area contributed by atoms with Gasteiger partial charge < -0.3 is 5.11 Å². The summed E-state index contributed by atoms with van der Waals surface area (Å²) in [6.45, 7) is 2.06. The van der Waals surface area contributed by atoms with Crippen LogP contribution in [0.1, 0.15) is 12.0 Å². The topological polar surface area (TPSA) is 50.9 Å². The molecule has 0 radical (unpaired) electrons. The van der Waals surface area contributed by atoms with Gasteiger partial charge >= 0.3 is 0 Å². The number of aliphatic hydroxyl groups excluding tert-OH is 1. The second kappa shape index (κ2) is 5.17. The summed E-state index contributed by atoms with van der Waals surface area (Å²) < 4.78 is 0. The van der Waals surface area contributed by atoms with Gasteiger partial charge in [0.05, 0.1) is 11.4 Å². The monoisotopic (exact) mass is 265 g/mol. The molecule has 1 aliphatic carbocycles. The number of fused-ring (bicyclic) bond motifs is 1. The maximum absolute atomic E-state index is 8.03. The highest BCUT2D eigenvalue weighted by atomic mass is 16.3. The molecule has 1 aliphatic rings. The van der Waals surface area contributed by atoms with Crippen LogP contribution in [0.4, 0.5) is 0 Å². The van der Waals surface area contributed by atoms with Crippen LogP contribution in [-0.4, -0.2) is 20.1 Å². The molecule has 0 atom stereocenters. The van der Waals surface area contributed by atoms with Gasteiger partial charge in [-0.05, 0) is 42.8 Å². The standard InChI is InChI=1S/C13H11N3.C3H4O/c1-10-5-4-6-11(9-10)16-14-12-7-2-3-8-13(12)15-16;4-3-1-2-3/h2-9H,1H3;1,4H,2H2. The van der Waals surface area contributed by atoms with E-state index < -0.39 is 0 Å². The molecule has 1 aromatic heterocycles. The number of aryl methyl sites for hydroxylation is 1. The Labute approximate surface area is 117 Å². The first kappa shape index (κ1) is 12.4. The van der Waals surface area contributed by atoms with Crippen LogP contribution in [0.25, 0.3) is 16.7 Å². The number of nitrogens with zero attached hydrogens (tertiary/aromatic N) is 3. The summed E-state index contributed by atoms with van der Waals surface area (Å²) in [6, 6.07) is 16.0. The molecule has 100 valence electrons. The van der Waals surface area contributed by atoms with Crippen molar-refractivity contribution in [3.8, 4) is 5.69 Å². The molecule has 4 rings (SSSR count). The Balaban J connectivity index is 0.000000261. The van der Waals surface area contributed by atoms with Gasteiger partial charge in [-0.3, -0.25) is 0 Å². The largest absolute Gasteiger partial charge is 0.512 e. The number of benzene rings is 2. The van der Waals surface area contributed by atoms with Crippen LogP contribution in [0, 0.1) is 6.92 Å². The molecule has 20 heavy (non-hydrogen) atoms. The van der Waals surface area contributed by atoms with E-state index in [1.807, 2.05) is 36.4 Å². The lowest BCUT2D eigenvalue weighted by atomic mass is 10.2. The fourth-order valence-electron chi connectivity index (χ4n) is 1.77. The first-order chi connectivity index (χ1) is 9.72. The third kappa shape index (κ3) is 2.85. The molecule has 0 bridgehead atoms. The maximum Gasteiger partial charge on any atom is 0.113 e. The van der Waals surface area contributed by atoms with Crippen molar-refractivity contribution < 1.29 is 5.11 Å². The number of allylic oxidation sites excluding steroid dienone is 2. The molecule has 0 aliphatic heterocycles. The minimum Gasteiger partial charge on any atom is -0.512 e.